The number of amides is 3. The number of esters is 1. The number of benzene rings is 1. The van der Waals surface area contributed by atoms with E-state index in [9.17, 15) is 19.2 Å². The normalized spacial score (nSPS) is 11.5. The zero-order valence-electron chi connectivity index (χ0n) is 15.4. The second kappa shape index (κ2) is 9.65. The number of hydrogen-bond acceptors (Lipinski definition) is 6. The summed E-state index contributed by atoms with van der Waals surface area (Å²) in [7, 11) is 0. The molecule has 0 saturated carbocycles. The Kier molecular flexibility index (Phi) is 7.28. The van der Waals surface area contributed by atoms with E-state index in [1.165, 1.54) is 35.6 Å². The summed E-state index contributed by atoms with van der Waals surface area (Å²) in [6.07, 6.45) is 0. The largest absolute Gasteiger partial charge is 0.454 e. The first kappa shape index (κ1) is 21.1. The molecule has 1 atom stereocenters. The molecule has 0 aliphatic heterocycles. The summed E-state index contributed by atoms with van der Waals surface area (Å²) in [4.78, 5) is 47.9. The molecule has 8 nitrogen and oxygen atoms in total. The highest BCUT2D eigenvalue weighted by Gasteiger charge is 2.27. The summed E-state index contributed by atoms with van der Waals surface area (Å²) in [6.45, 7) is 3.02. The van der Waals surface area contributed by atoms with Crippen molar-refractivity contribution in [2.24, 2.45) is 11.7 Å². The zero-order chi connectivity index (χ0) is 20.7. The van der Waals surface area contributed by atoms with Crippen molar-refractivity contribution >= 4 is 40.7 Å². The van der Waals surface area contributed by atoms with Crippen LogP contribution in [-0.2, 0) is 14.3 Å². The Hall–Kier alpha value is -3.20. The molecule has 1 unspecified atom stereocenters. The van der Waals surface area contributed by atoms with Crippen molar-refractivity contribution < 1.29 is 23.9 Å². The lowest BCUT2D eigenvalue weighted by molar-refractivity contribution is -0.150. The van der Waals surface area contributed by atoms with Crippen LogP contribution in [-0.4, -0.2) is 36.3 Å². The fourth-order valence-corrected chi connectivity index (χ4v) is 2.89. The van der Waals surface area contributed by atoms with Gasteiger partial charge in [-0.3, -0.25) is 14.4 Å². The molecule has 148 valence electrons. The van der Waals surface area contributed by atoms with Gasteiger partial charge in [0.15, 0.2) is 6.61 Å². The molecular formula is C19H21N3O5S. The van der Waals surface area contributed by atoms with E-state index in [2.05, 4.69) is 10.6 Å². The molecule has 9 heteroatoms. The van der Waals surface area contributed by atoms with E-state index in [1.807, 2.05) is 0 Å². The Balaban J connectivity index is 1.88. The van der Waals surface area contributed by atoms with Crippen molar-refractivity contribution in [2.75, 3.05) is 11.9 Å². The molecule has 2 rings (SSSR count). The molecule has 1 aromatic carbocycles. The van der Waals surface area contributed by atoms with Gasteiger partial charge < -0.3 is 21.1 Å². The lowest BCUT2D eigenvalue weighted by Crippen LogP contribution is -2.45. The van der Waals surface area contributed by atoms with Crippen molar-refractivity contribution in [1.82, 2.24) is 5.32 Å². The van der Waals surface area contributed by atoms with Gasteiger partial charge in [0, 0.05) is 11.3 Å². The number of thiophene rings is 1. The zero-order valence-corrected chi connectivity index (χ0v) is 16.2. The lowest BCUT2D eigenvalue weighted by Gasteiger charge is -2.20. The number of nitrogens with one attached hydrogen (secondary N) is 2. The molecule has 1 aromatic heterocycles. The first-order chi connectivity index (χ1) is 13.3. The van der Waals surface area contributed by atoms with Gasteiger partial charge in [0.2, 0.25) is 5.91 Å². The average molecular weight is 403 g/mol. The first-order valence-electron chi connectivity index (χ1n) is 8.48. The van der Waals surface area contributed by atoms with Gasteiger partial charge in [0.1, 0.15) is 6.04 Å². The lowest BCUT2D eigenvalue weighted by atomic mass is 10.0. The Labute approximate surface area is 166 Å². The third-order valence-corrected chi connectivity index (χ3v) is 4.62. The number of rotatable bonds is 8. The van der Waals surface area contributed by atoms with Gasteiger partial charge in [0.05, 0.1) is 4.88 Å². The summed E-state index contributed by atoms with van der Waals surface area (Å²) in [5, 5.41) is 6.93. The van der Waals surface area contributed by atoms with Crippen LogP contribution in [0.3, 0.4) is 0 Å². The van der Waals surface area contributed by atoms with Crippen LogP contribution in [0.4, 0.5) is 5.69 Å². The van der Waals surface area contributed by atoms with Crippen LogP contribution in [0.2, 0.25) is 0 Å². The molecule has 3 amide bonds. The van der Waals surface area contributed by atoms with Gasteiger partial charge in [-0.05, 0) is 41.6 Å². The van der Waals surface area contributed by atoms with Crippen LogP contribution in [0.1, 0.15) is 33.9 Å². The Bertz CT molecular complexity index is 847. The molecular weight excluding hydrogens is 382 g/mol. The minimum atomic E-state index is -0.878. The molecule has 0 saturated heterocycles. The Morgan fingerprint density at radius 2 is 1.79 bits per heavy atom. The summed E-state index contributed by atoms with van der Waals surface area (Å²) in [5.74, 6) is -2.41. The number of nitrogens with two attached hydrogens (primary N) is 1. The maximum Gasteiger partial charge on any atom is 0.329 e. The quantitative estimate of drug-likeness (QED) is 0.579. The third kappa shape index (κ3) is 5.92. The highest BCUT2D eigenvalue weighted by Crippen LogP contribution is 2.12. The van der Waals surface area contributed by atoms with Gasteiger partial charge in [0.25, 0.3) is 11.8 Å². The SMILES string of the molecule is CC(C)C(NC(=O)c1cccs1)C(=O)OCC(=O)Nc1ccc(C(N)=O)cc1. The van der Waals surface area contributed by atoms with Crippen LogP contribution in [0.15, 0.2) is 41.8 Å². The molecule has 0 aliphatic rings. The summed E-state index contributed by atoms with van der Waals surface area (Å²) < 4.78 is 5.04. The van der Waals surface area contributed by atoms with Crippen LogP contribution in [0, 0.1) is 5.92 Å². The fourth-order valence-electron chi connectivity index (χ4n) is 2.26. The van der Waals surface area contributed by atoms with E-state index in [-0.39, 0.29) is 11.8 Å². The van der Waals surface area contributed by atoms with E-state index in [4.69, 9.17) is 10.5 Å². The maximum absolute atomic E-state index is 12.3. The molecule has 0 aliphatic carbocycles. The predicted octanol–water partition coefficient (Wildman–Crippen LogP) is 1.78. The molecule has 4 N–H and O–H groups in total. The van der Waals surface area contributed by atoms with Crippen molar-refractivity contribution in [3.63, 3.8) is 0 Å². The first-order valence-corrected chi connectivity index (χ1v) is 9.36. The molecule has 0 spiro atoms. The highest BCUT2D eigenvalue weighted by atomic mass is 32.1. The Morgan fingerprint density at radius 3 is 2.32 bits per heavy atom. The minimum absolute atomic E-state index is 0.221. The maximum atomic E-state index is 12.3. The molecule has 0 radical (unpaired) electrons. The Morgan fingerprint density at radius 1 is 1.11 bits per heavy atom. The van der Waals surface area contributed by atoms with Crippen molar-refractivity contribution in [3.05, 3.63) is 52.2 Å². The van der Waals surface area contributed by atoms with Gasteiger partial charge >= 0.3 is 5.97 Å². The van der Waals surface area contributed by atoms with Crippen molar-refractivity contribution in [1.29, 1.82) is 0 Å². The molecule has 0 fully saturated rings. The van der Waals surface area contributed by atoms with E-state index in [0.29, 0.717) is 16.1 Å². The summed E-state index contributed by atoms with van der Waals surface area (Å²) >= 11 is 1.26. The van der Waals surface area contributed by atoms with Crippen molar-refractivity contribution in [2.45, 2.75) is 19.9 Å². The molecule has 2 aromatic rings. The number of primary amides is 1. The van der Waals surface area contributed by atoms with E-state index < -0.39 is 30.4 Å². The molecule has 1 heterocycles. The van der Waals surface area contributed by atoms with E-state index in [1.54, 1.807) is 31.4 Å². The number of ether oxygens (including phenoxy) is 1. The average Bonchev–Trinajstić information content (AvgIpc) is 3.19. The van der Waals surface area contributed by atoms with Crippen LogP contribution in [0.5, 0.6) is 0 Å². The monoisotopic (exact) mass is 403 g/mol. The summed E-state index contributed by atoms with van der Waals surface area (Å²) in [6, 6.07) is 8.48. The number of anilines is 1. The van der Waals surface area contributed by atoms with Gasteiger partial charge in [-0.15, -0.1) is 11.3 Å². The van der Waals surface area contributed by atoms with E-state index >= 15 is 0 Å². The topological polar surface area (TPSA) is 128 Å². The standard InChI is InChI=1S/C19H21N3O5S/c1-11(2)16(22-18(25)14-4-3-9-28-14)19(26)27-10-15(23)21-13-7-5-12(6-8-13)17(20)24/h3-9,11,16H,10H2,1-2H3,(H2,20,24)(H,21,23)(H,22,25). The summed E-state index contributed by atoms with van der Waals surface area (Å²) in [5.41, 5.74) is 5.89. The fraction of sp³-hybridized carbons (Fsp3) is 0.263. The van der Waals surface area contributed by atoms with E-state index in [0.717, 1.165) is 0 Å². The highest BCUT2D eigenvalue weighted by molar-refractivity contribution is 7.12. The number of carbonyl (C=O) groups is 4. The second-order valence-electron chi connectivity index (χ2n) is 6.27. The molecule has 28 heavy (non-hydrogen) atoms. The van der Waals surface area contributed by atoms with Gasteiger partial charge in [-0.2, -0.15) is 0 Å². The van der Waals surface area contributed by atoms with Crippen LogP contribution >= 0.6 is 11.3 Å². The molecule has 0 bridgehead atoms. The minimum Gasteiger partial charge on any atom is -0.454 e. The van der Waals surface area contributed by atoms with Crippen molar-refractivity contribution in [3.8, 4) is 0 Å². The van der Waals surface area contributed by atoms with Crippen LogP contribution in [0.25, 0.3) is 0 Å². The smallest absolute Gasteiger partial charge is 0.329 e. The van der Waals surface area contributed by atoms with Gasteiger partial charge in [-0.25, -0.2) is 4.79 Å². The third-order valence-electron chi connectivity index (χ3n) is 3.75. The van der Waals surface area contributed by atoms with Crippen LogP contribution < -0.4 is 16.4 Å². The predicted molar refractivity (Wildman–Crippen MR) is 105 cm³/mol. The van der Waals surface area contributed by atoms with Gasteiger partial charge in [-0.1, -0.05) is 19.9 Å². The number of hydrogen-bond donors (Lipinski definition) is 3. The second-order valence-corrected chi connectivity index (χ2v) is 7.22. The number of carbonyl (C=O) groups excluding carboxylic acids is 4.